The van der Waals surface area contributed by atoms with Gasteiger partial charge in [-0.2, -0.15) is 8.78 Å². The van der Waals surface area contributed by atoms with Crippen LogP contribution in [0.4, 0.5) is 8.78 Å². The third kappa shape index (κ3) is 6.06. The minimum absolute atomic E-state index is 0.0273. The zero-order valence-electron chi connectivity index (χ0n) is 15.6. The van der Waals surface area contributed by atoms with E-state index in [-0.39, 0.29) is 28.3 Å². The van der Waals surface area contributed by atoms with Crippen LogP contribution < -0.4 is 9.46 Å². The highest BCUT2D eigenvalue weighted by atomic mass is 32.2. The van der Waals surface area contributed by atoms with E-state index in [1.165, 1.54) is 42.5 Å². The minimum Gasteiger partial charge on any atom is -0.454 e. The van der Waals surface area contributed by atoms with Crippen molar-refractivity contribution >= 4 is 21.8 Å². The molecule has 0 amide bonds. The standard InChI is InChI=1S/C19H19F2NO6S/c1-3-22-29(25,26)14-7-5-13(6-8-14)18(24)27-11-16(23)15-10-12(2)4-9-17(15)28-19(20)21/h4-10,19,22H,3,11H2,1-2H3. The van der Waals surface area contributed by atoms with Crippen LogP contribution in [0, 0.1) is 6.92 Å². The maximum atomic E-state index is 12.5. The molecule has 1 N–H and O–H groups in total. The summed E-state index contributed by atoms with van der Waals surface area (Å²) in [6, 6.07) is 9.04. The van der Waals surface area contributed by atoms with Crippen LogP contribution in [-0.2, 0) is 14.8 Å². The number of aryl methyl sites for hydroxylation is 1. The Balaban J connectivity index is 2.08. The number of hydrogen-bond donors (Lipinski definition) is 1. The van der Waals surface area contributed by atoms with E-state index in [2.05, 4.69) is 9.46 Å². The van der Waals surface area contributed by atoms with E-state index < -0.39 is 35.0 Å². The Hall–Kier alpha value is -2.85. The smallest absolute Gasteiger partial charge is 0.387 e. The number of benzene rings is 2. The van der Waals surface area contributed by atoms with Gasteiger partial charge < -0.3 is 9.47 Å². The van der Waals surface area contributed by atoms with E-state index in [9.17, 15) is 26.8 Å². The number of ether oxygens (including phenoxy) is 2. The minimum atomic E-state index is -3.66. The van der Waals surface area contributed by atoms with Crippen LogP contribution in [0.2, 0.25) is 0 Å². The van der Waals surface area contributed by atoms with Gasteiger partial charge in [0.1, 0.15) is 5.75 Å². The molecule has 7 nitrogen and oxygen atoms in total. The average Bonchev–Trinajstić information content (AvgIpc) is 2.67. The van der Waals surface area contributed by atoms with Gasteiger partial charge in [-0.15, -0.1) is 0 Å². The van der Waals surface area contributed by atoms with Crippen LogP contribution >= 0.6 is 0 Å². The molecule has 0 saturated heterocycles. The number of esters is 1. The average molecular weight is 427 g/mol. The van der Waals surface area contributed by atoms with Crippen LogP contribution in [0.25, 0.3) is 0 Å². The molecule has 0 aliphatic carbocycles. The van der Waals surface area contributed by atoms with Gasteiger partial charge in [-0.1, -0.05) is 18.6 Å². The summed E-state index contributed by atoms with van der Waals surface area (Å²) in [4.78, 5) is 24.4. The molecule has 0 aliphatic heterocycles. The third-order valence-electron chi connectivity index (χ3n) is 3.72. The molecule has 0 aromatic heterocycles. The summed E-state index contributed by atoms with van der Waals surface area (Å²) in [6.07, 6.45) is 0. The maximum absolute atomic E-state index is 12.5. The van der Waals surface area contributed by atoms with Gasteiger partial charge in [-0.25, -0.2) is 17.9 Å². The Bertz CT molecular complexity index is 990. The maximum Gasteiger partial charge on any atom is 0.387 e. The fourth-order valence-electron chi connectivity index (χ4n) is 2.40. The van der Waals surface area contributed by atoms with Crippen molar-refractivity contribution < 1.29 is 36.3 Å². The first kappa shape index (κ1) is 22.4. The molecule has 10 heteroatoms. The first-order chi connectivity index (χ1) is 13.6. The molecule has 0 fully saturated rings. The monoisotopic (exact) mass is 427 g/mol. The quantitative estimate of drug-likeness (QED) is 0.488. The second-order valence-corrected chi connectivity index (χ2v) is 7.67. The fraction of sp³-hybridized carbons (Fsp3) is 0.263. The van der Waals surface area contributed by atoms with Crippen molar-refractivity contribution in [2.45, 2.75) is 25.4 Å². The van der Waals surface area contributed by atoms with Crippen molar-refractivity contribution in [2.75, 3.05) is 13.2 Å². The van der Waals surface area contributed by atoms with Gasteiger partial charge in [-0.05, 0) is 43.3 Å². The predicted molar refractivity (Wildman–Crippen MR) is 99.7 cm³/mol. The number of alkyl halides is 2. The summed E-state index contributed by atoms with van der Waals surface area (Å²) >= 11 is 0. The van der Waals surface area contributed by atoms with Crippen LogP contribution in [0.3, 0.4) is 0 Å². The van der Waals surface area contributed by atoms with Gasteiger partial charge in [0.2, 0.25) is 15.8 Å². The zero-order valence-corrected chi connectivity index (χ0v) is 16.5. The second kappa shape index (κ2) is 9.57. The number of carbonyl (C=O) groups excluding carboxylic acids is 2. The van der Waals surface area contributed by atoms with Crippen LogP contribution in [-0.4, -0.2) is 39.9 Å². The van der Waals surface area contributed by atoms with Crippen molar-refractivity contribution in [3.05, 3.63) is 59.2 Å². The topological polar surface area (TPSA) is 98.8 Å². The second-order valence-electron chi connectivity index (χ2n) is 5.90. The van der Waals surface area contributed by atoms with E-state index in [1.807, 2.05) is 0 Å². The highest BCUT2D eigenvalue weighted by molar-refractivity contribution is 7.89. The lowest BCUT2D eigenvalue weighted by atomic mass is 10.1. The van der Waals surface area contributed by atoms with Crippen molar-refractivity contribution in [3.63, 3.8) is 0 Å². The molecule has 2 rings (SSSR count). The zero-order chi connectivity index (χ0) is 21.6. The first-order valence-electron chi connectivity index (χ1n) is 8.49. The van der Waals surface area contributed by atoms with E-state index in [4.69, 9.17) is 4.74 Å². The van der Waals surface area contributed by atoms with Gasteiger partial charge in [0, 0.05) is 6.54 Å². The number of nitrogens with one attached hydrogen (secondary N) is 1. The van der Waals surface area contributed by atoms with Crippen molar-refractivity contribution in [1.82, 2.24) is 4.72 Å². The number of rotatable bonds is 9. The largest absolute Gasteiger partial charge is 0.454 e. The molecule has 0 unspecified atom stereocenters. The van der Waals surface area contributed by atoms with Crippen molar-refractivity contribution in [1.29, 1.82) is 0 Å². The highest BCUT2D eigenvalue weighted by Crippen LogP contribution is 2.23. The number of hydrogen-bond acceptors (Lipinski definition) is 6. The molecule has 0 atom stereocenters. The fourth-order valence-corrected chi connectivity index (χ4v) is 3.44. The third-order valence-corrected chi connectivity index (χ3v) is 5.28. The summed E-state index contributed by atoms with van der Waals surface area (Å²) < 4.78 is 60.3. The SMILES string of the molecule is CCNS(=O)(=O)c1ccc(C(=O)OCC(=O)c2cc(C)ccc2OC(F)F)cc1. The Morgan fingerprint density at radius 1 is 1.10 bits per heavy atom. The molecule has 156 valence electrons. The molecule has 2 aromatic rings. The number of ketones is 1. The highest BCUT2D eigenvalue weighted by Gasteiger charge is 2.19. The summed E-state index contributed by atoms with van der Waals surface area (Å²) in [6.45, 7) is -0.294. The molecular weight excluding hydrogens is 408 g/mol. The lowest BCUT2D eigenvalue weighted by Gasteiger charge is -2.11. The number of carbonyl (C=O) groups is 2. The molecule has 0 spiro atoms. The lowest BCUT2D eigenvalue weighted by molar-refractivity contribution is -0.0502. The summed E-state index contributed by atoms with van der Waals surface area (Å²) in [5.41, 5.74) is 0.533. The number of halogens is 2. The molecule has 0 aliphatic rings. The molecule has 2 aromatic carbocycles. The first-order valence-corrected chi connectivity index (χ1v) is 9.98. The summed E-state index contributed by atoms with van der Waals surface area (Å²) in [5.74, 6) is -1.90. The molecule has 0 heterocycles. The Morgan fingerprint density at radius 3 is 2.34 bits per heavy atom. The lowest BCUT2D eigenvalue weighted by Crippen LogP contribution is -2.23. The van der Waals surface area contributed by atoms with Crippen LogP contribution in [0.5, 0.6) is 5.75 Å². The Kier molecular flexibility index (Phi) is 7.40. The van der Waals surface area contributed by atoms with E-state index in [0.29, 0.717) is 5.56 Å². The molecule has 0 saturated carbocycles. The van der Waals surface area contributed by atoms with E-state index >= 15 is 0 Å². The molecule has 0 radical (unpaired) electrons. The molecular formula is C19H19F2NO6S. The molecule has 0 bridgehead atoms. The Labute approximate surface area is 166 Å². The normalized spacial score (nSPS) is 11.3. The molecule has 29 heavy (non-hydrogen) atoms. The van der Waals surface area contributed by atoms with Gasteiger partial charge >= 0.3 is 12.6 Å². The van der Waals surface area contributed by atoms with Gasteiger partial charge in [0.15, 0.2) is 6.61 Å². The van der Waals surface area contributed by atoms with Gasteiger partial charge in [0.05, 0.1) is 16.0 Å². The van der Waals surface area contributed by atoms with Crippen molar-refractivity contribution in [3.8, 4) is 5.75 Å². The summed E-state index contributed by atoms with van der Waals surface area (Å²) in [7, 11) is -3.66. The van der Waals surface area contributed by atoms with E-state index in [0.717, 1.165) is 0 Å². The van der Waals surface area contributed by atoms with E-state index in [1.54, 1.807) is 13.8 Å². The van der Waals surface area contributed by atoms with Gasteiger partial charge in [-0.3, -0.25) is 4.79 Å². The summed E-state index contributed by atoms with van der Waals surface area (Å²) in [5, 5.41) is 0. The van der Waals surface area contributed by atoms with Crippen LogP contribution in [0.15, 0.2) is 47.4 Å². The predicted octanol–water partition coefficient (Wildman–Crippen LogP) is 2.93. The van der Waals surface area contributed by atoms with Crippen LogP contribution in [0.1, 0.15) is 33.2 Å². The Morgan fingerprint density at radius 2 is 1.76 bits per heavy atom. The van der Waals surface area contributed by atoms with Gasteiger partial charge in [0.25, 0.3) is 0 Å². The van der Waals surface area contributed by atoms with Crippen molar-refractivity contribution in [2.24, 2.45) is 0 Å². The number of Topliss-reactive ketones (excluding diaryl/α,β-unsaturated/α-hetero) is 1. The number of sulfonamides is 1.